The lowest BCUT2D eigenvalue weighted by Crippen LogP contribution is -2.34. The number of Topliss-reactive ketones (excluding diaryl/α,β-unsaturated/α-hetero) is 2. The van der Waals surface area contributed by atoms with E-state index in [9.17, 15) is 9.59 Å². The van der Waals surface area contributed by atoms with Crippen LogP contribution in [-0.4, -0.2) is 17.1 Å². The number of ketones is 2. The van der Waals surface area contributed by atoms with E-state index in [2.05, 4.69) is 29.6 Å². The van der Waals surface area contributed by atoms with Crippen LogP contribution < -0.4 is 5.32 Å². The summed E-state index contributed by atoms with van der Waals surface area (Å²) in [5, 5.41) is 3.15. The van der Waals surface area contributed by atoms with Crippen molar-refractivity contribution in [3.8, 4) is 0 Å². The Morgan fingerprint density at radius 2 is 1.52 bits per heavy atom. The molecule has 0 spiro atoms. The fourth-order valence-electron chi connectivity index (χ4n) is 3.47. The predicted octanol–water partition coefficient (Wildman–Crippen LogP) is 4.57. The second-order valence-electron chi connectivity index (χ2n) is 8.27. The third kappa shape index (κ3) is 4.94. The van der Waals surface area contributed by atoms with Gasteiger partial charge in [-0.2, -0.15) is 0 Å². The summed E-state index contributed by atoms with van der Waals surface area (Å²) in [6, 6.07) is 18.5. The molecule has 2 aromatic carbocycles. The molecular formula is C24H27NO2. The van der Waals surface area contributed by atoms with E-state index < -0.39 is 0 Å². The molecule has 1 saturated carbocycles. The van der Waals surface area contributed by atoms with Crippen molar-refractivity contribution in [3.05, 3.63) is 83.1 Å². The van der Waals surface area contributed by atoms with E-state index in [1.54, 1.807) is 6.20 Å². The molecule has 3 nitrogen and oxygen atoms in total. The smallest absolute Gasteiger partial charge is 0.168 e. The van der Waals surface area contributed by atoms with Gasteiger partial charge in [0.2, 0.25) is 0 Å². The van der Waals surface area contributed by atoms with Crippen molar-refractivity contribution in [2.24, 2.45) is 0 Å². The molecule has 0 aromatic heterocycles. The van der Waals surface area contributed by atoms with Gasteiger partial charge in [0.05, 0.1) is 5.57 Å². The van der Waals surface area contributed by atoms with Crippen molar-refractivity contribution in [1.29, 1.82) is 0 Å². The first kappa shape index (κ1) is 19.1. The Balaban J connectivity index is 1.81. The molecule has 2 aromatic rings. The summed E-state index contributed by atoms with van der Waals surface area (Å²) in [7, 11) is 0. The normalized spacial score (nSPS) is 17.7. The molecule has 1 aliphatic rings. The molecule has 3 heteroatoms. The van der Waals surface area contributed by atoms with Gasteiger partial charge in [-0.05, 0) is 49.8 Å². The summed E-state index contributed by atoms with van der Waals surface area (Å²) in [4.78, 5) is 25.3. The van der Waals surface area contributed by atoms with E-state index in [1.807, 2.05) is 51.1 Å². The quantitative estimate of drug-likeness (QED) is 0.641. The average molecular weight is 361 g/mol. The zero-order valence-corrected chi connectivity index (χ0v) is 16.3. The number of allylic oxidation sites excluding steroid dienone is 1. The fraction of sp³-hybridized carbons (Fsp3) is 0.333. The van der Waals surface area contributed by atoms with Crippen LogP contribution in [-0.2, 0) is 16.0 Å². The Morgan fingerprint density at radius 3 is 2.15 bits per heavy atom. The lowest BCUT2D eigenvalue weighted by Gasteiger charge is -2.26. The third-order valence-corrected chi connectivity index (χ3v) is 4.85. The molecule has 0 radical (unpaired) electrons. The minimum Gasteiger partial charge on any atom is -0.386 e. The van der Waals surface area contributed by atoms with Gasteiger partial charge in [0.25, 0.3) is 0 Å². The van der Waals surface area contributed by atoms with Gasteiger partial charge >= 0.3 is 0 Å². The highest BCUT2D eigenvalue weighted by Crippen LogP contribution is 2.34. The van der Waals surface area contributed by atoms with E-state index in [0.717, 1.165) is 12.0 Å². The predicted molar refractivity (Wildman–Crippen MR) is 109 cm³/mol. The molecule has 27 heavy (non-hydrogen) atoms. The van der Waals surface area contributed by atoms with Crippen LogP contribution in [0.2, 0.25) is 0 Å². The molecule has 0 amide bonds. The zero-order chi connectivity index (χ0) is 19.4. The van der Waals surface area contributed by atoms with E-state index in [-0.39, 0.29) is 23.0 Å². The minimum atomic E-state index is -0.174. The highest BCUT2D eigenvalue weighted by molar-refractivity contribution is 6.22. The zero-order valence-electron chi connectivity index (χ0n) is 16.3. The highest BCUT2D eigenvalue weighted by atomic mass is 16.1. The first-order chi connectivity index (χ1) is 12.8. The van der Waals surface area contributed by atoms with Crippen molar-refractivity contribution >= 4 is 11.6 Å². The van der Waals surface area contributed by atoms with Gasteiger partial charge in [0.15, 0.2) is 11.6 Å². The highest BCUT2D eigenvalue weighted by Gasteiger charge is 2.32. The number of nitrogens with one attached hydrogen (secondary N) is 1. The SMILES string of the molecule is CC(C)(C)NC=C1C(=O)CC(c2ccccc2Cc2ccccc2)CC1=O. The van der Waals surface area contributed by atoms with Gasteiger partial charge in [-0.1, -0.05) is 54.6 Å². The van der Waals surface area contributed by atoms with Crippen LogP contribution in [0.3, 0.4) is 0 Å². The second-order valence-corrected chi connectivity index (χ2v) is 8.27. The molecule has 140 valence electrons. The van der Waals surface area contributed by atoms with Crippen molar-refractivity contribution in [1.82, 2.24) is 5.32 Å². The largest absolute Gasteiger partial charge is 0.386 e. The van der Waals surface area contributed by atoms with E-state index >= 15 is 0 Å². The molecule has 1 N–H and O–H groups in total. The lowest BCUT2D eigenvalue weighted by atomic mass is 9.78. The monoisotopic (exact) mass is 361 g/mol. The van der Waals surface area contributed by atoms with Crippen LogP contribution in [0.15, 0.2) is 66.4 Å². The number of carbonyl (C=O) groups excluding carboxylic acids is 2. The summed E-state index contributed by atoms with van der Waals surface area (Å²) >= 11 is 0. The maximum absolute atomic E-state index is 12.6. The average Bonchev–Trinajstić information content (AvgIpc) is 2.61. The van der Waals surface area contributed by atoms with Crippen LogP contribution in [0.1, 0.15) is 56.2 Å². The molecule has 0 atom stereocenters. The summed E-state index contributed by atoms with van der Waals surface area (Å²) in [5.41, 5.74) is 3.67. The Morgan fingerprint density at radius 1 is 0.926 bits per heavy atom. The van der Waals surface area contributed by atoms with Gasteiger partial charge < -0.3 is 5.32 Å². The fourth-order valence-corrected chi connectivity index (χ4v) is 3.47. The van der Waals surface area contributed by atoms with Crippen molar-refractivity contribution < 1.29 is 9.59 Å². The Kier molecular flexibility index (Phi) is 5.59. The molecule has 0 aliphatic heterocycles. The number of benzene rings is 2. The molecule has 0 unspecified atom stereocenters. The third-order valence-electron chi connectivity index (χ3n) is 4.85. The number of carbonyl (C=O) groups is 2. The first-order valence-corrected chi connectivity index (χ1v) is 9.49. The maximum Gasteiger partial charge on any atom is 0.168 e. The molecule has 0 bridgehead atoms. The van der Waals surface area contributed by atoms with Crippen LogP contribution in [0, 0.1) is 0 Å². The molecule has 1 fully saturated rings. The topological polar surface area (TPSA) is 46.2 Å². The van der Waals surface area contributed by atoms with Crippen LogP contribution in [0.25, 0.3) is 0 Å². The van der Waals surface area contributed by atoms with Gasteiger partial charge in [-0.15, -0.1) is 0 Å². The number of hydrogen-bond donors (Lipinski definition) is 1. The maximum atomic E-state index is 12.6. The molecule has 3 rings (SSSR count). The van der Waals surface area contributed by atoms with Crippen molar-refractivity contribution in [2.75, 3.05) is 0 Å². The van der Waals surface area contributed by atoms with Crippen molar-refractivity contribution in [3.63, 3.8) is 0 Å². The van der Waals surface area contributed by atoms with Gasteiger partial charge in [-0.3, -0.25) is 9.59 Å². The van der Waals surface area contributed by atoms with Crippen molar-refractivity contribution in [2.45, 2.75) is 51.5 Å². The summed E-state index contributed by atoms with van der Waals surface area (Å²) in [5.74, 6) is -0.179. The Labute approximate surface area is 161 Å². The summed E-state index contributed by atoms with van der Waals surface area (Å²) in [6.07, 6.45) is 3.19. The van der Waals surface area contributed by atoms with E-state index in [1.165, 1.54) is 11.1 Å². The Hall–Kier alpha value is -2.68. The van der Waals surface area contributed by atoms with E-state index in [0.29, 0.717) is 18.4 Å². The second kappa shape index (κ2) is 7.91. The van der Waals surface area contributed by atoms with Crippen LogP contribution >= 0.6 is 0 Å². The molecule has 0 saturated heterocycles. The standard InChI is InChI=1S/C24H27NO2/c1-24(2,3)25-16-21-22(26)14-19(15-23(21)27)20-12-8-7-11-18(20)13-17-9-5-4-6-10-17/h4-12,16,19,25H,13-15H2,1-3H3. The summed E-state index contributed by atoms with van der Waals surface area (Å²) < 4.78 is 0. The summed E-state index contributed by atoms with van der Waals surface area (Å²) in [6.45, 7) is 6.01. The molecular weight excluding hydrogens is 334 g/mol. The van der Waals surface area contributed by atoms with Gasteiger partial charge in [0, 0.05) is 24.6 Å². The number of hydrogen-bond acceptors (Lipinski definition) is 3. The van der Waals surface area contributed by atoms with Crippen LogP contribution in [0.5, 0.6) is 0 Å². The Bertz CT molecular complexity index is 839. The first-order valence-electron chi connectivity index (χ1n) is 9.49. The van der Waals surface area contributed by atoms with Crippen LogP contribution in [0.4, 0.5) is 0 Å². The number of rotatable bonds is 4. The molecule has 0 heterocycles. The van der Waals surface area contributed by atoms with Gasteiger partial charge in [0.1, 0.15) is 0 Å². The van der Waals surface area contributed by atoms with E-state index in [4.69, 9.17) is 0 Å². The van der Waals surface area contributed by atoms with Gasteiger partial charge in [-0.25, -0.2) is 0 Å². The minimum absolute atomic E-state index is 0.0447. The molecule has 1 aliphatic carbocycles. The lowest BCUT2D eigenvalue weighted by molar-refractivity contribution is -0.124.